The molecule has 0 unspecified atom stereocenters. The maximum atomic E-state index is 6.67. The lowest BCUT2D eigenvalue weighted by atomic mass is 9.92. The standard InChI is InChI=1S/C40H42O3/c1-38(2,3)41-32-23-35(42-39(4,5)6)37(36(24-32)43-40(7,8)9)33-16-12-15-27-19-30-20-28-17-25-13-10-11-14-26(25)18-29(28)21-31(30)22-34(27)33/h10-24H,1-9H3. The van der Waals surface area contributed by atoms with E-state index in [4.69, 9.17) is 14.2 Å². The molecular weight excluding hydrogens is 528 g/mol. The Bertz CT molecular complexity index is 1960. The van der Waals surface area contributed by atoms with Gasteiger partial charge in [0.25, 0.3) is 0 Å². The van der Waals surface area contributed by atoms with Gasteiger partial charge in [-0.05, 0) is 147 Å². The summed E-state index contributed by atoms with van der Waals surface area (Å²) in [5, 5.41) is 9.74. The van der Waals surface area contributed by atoms with E-state index in [1.54, 1.807) is 0 Å². The molecule has 0 amide bonds. The first-order chi connectivity index (χ1) is 20.1. The molecule has 0 spiro atoms. The van der Waals surface area contributed by atoms with Gasteiger partial charge in [-0.1, -0.05) is 42.5 Å². The van der Waals surface area contributed by atoms with Crippen LogP contribution < -0.4 is 14.2 Å². The highest BCUT2D eigenvalue weighted by Gasteiger charge is 2.26. The maximum absolute atomic E-state index is 6.67. The number of hydrogen-bond donors (Lipinski definition) is 0. The van der Waals surface area contributed by atoms with E-state index in [1.165, 1.54) is 37.7 Å². The minimum absolute atomic E-state index is 0.369. The Morgan fingerprint density at radius 3 is 1.30 bits per heavy atom. The molecule has 0 bridgehead atoms. The van der Waals surface area contributed by atoms with Gasteiger partial charge in [0.1, 0.15) is 34.1 Å². The molecule has 43 heavy (non-hydrogen) atoms. The van der Waals surface area contributed by atoms with Crippen LogP contribution in [0.4, 0.5) is 0 Å². The summed E-state index contributed by atoms with van der Waals surface area (Å²) in [5.41, 5.74) is 0.785. The quantitative estimate of drug-likeness (QED) is 0.197. The molecule has 6 rings (SSSR count). The van der Waals surface area contributed by atoms with Crippen LogP contribution in [-0.4, -0.2) is 16.8 Å². The van der Waals surface area contributed by atoms with Crippen LogP contribution in [0.15, 0.2) is 91.0 Å². The van der Waals surface area contributed by atoms with Crippen LogP contribution in [0.1, 0.15) is 62.3 Å². The van der Waals surface area contributed by atoms with Gasteiger partial charge in [0.2, 0.25) is 0 Å². The first-order valence-electron chi connectivity index (χ1n) is 15.2. The second-order valence-electron chi connectivity index (χ2n) is 14.6. The molecule has 0 aromatic heterocycles. The topological polar surface area (TPSA) is 27.7 Å². The van der Waals surface area contributed by atoms with Crippen molar-refractivity contribution in [2.75, 3.05) is 0 Å². The summed E-state index contributed by atoms with van der Waals surface area (Å²) >= 11 is 0. The van der Waals surface area contributed by atoms with Crippen molar-refractivity contribution in [2.24, 2.45) is 0 Å². The molecule has 3 nitrogen and oxygen atoms in total. The molecule has 0 N–H and O–H groups in total. The van der Waals surface area contributed by atoms with Gasteiger partial charge in [0.05, 0.1) is 5.56 Å². The van der Waals surface area contributed by atoms with Crippen molar-refractivity contribution in [2.45, 2.75) is 79.1 Å². The number of hydrogen-bond acceptors (Lipinski definition) is 3. The van der Waals surface area contributed by atoms with Crippen molar-refractivity contribution in [3.63, 3.8) is 0 Å². The summed E-state index contributed by atoms with van der Waals surface area (Å²) in [6.45, 7) is 18.6. The zero-order chi connectivity index (χ0) is 30.7. The van der Waals surface area contributed by atoms with Gasteiger partial charge >= 0.3 is 0 Å². The summed E-state index contributed by atoms with van der Waals surface area (Å²) in [6.07, 6.45) is 0. The van der Waals surface area contributed by atoms with E-state index in [0.717, 1.165) is 33.8 Å². The van der Waals surface area contributed by atoms with Crippen LogP contribution >= 0.6 is 0 Å². The number of fused-ring (bicyclic) bond motifs is 4. The minimum Gasteiger partial charge on any atom is -0.488 e. The first-order valence-corrected chi connectivity index (χ1v) is 15.2. The predicted octanol–water partition coefficient (Wildman–Crippen LogP) is 11.5. The zero-order valence-corrected chi connectivity index (χ0v) is 26.9. The molecule has 3 heteroatoms. The summed E-state index contributed by atoms with van der Waals surface area (Å²) in [7, 11) is 0. The third-order valence-electron chi connectivity index (χ3n) is 7.22. The summed E-state index contributed by atoms with van der Waals surface area (Å²) in [5.74, 6) is 2.20. The van der Waals surface area contributed by atoms with E-state index in [2.05, 4.69) is 141 Å². The van der Waals surface area contributed by atoms with E-state index in [-0.39, 0.29) is 5.60 Å². The van der Waals surface area contributed by atoms with E-state index >= 15 is 0 Å². The average molecular weight is 571 g/mol. The van der Waals surface area contributed by atoms with Gasteiger partial charge in [-0.25, -0.2) is 0 Å². The van der Waals surface area contributed by atoms with E-state index in [0.29, 0.717) is 0 Å². The van der Waals surface area contributed by atoms with Crippen molar-refractivity contribution in [3.05, 3.63) is 91.0 Å². The van der Waals surface area contributed by atoms with Gasteiger partial charge in [-0.2, -0.15) is 0 Å². The highest BCUT2D eigenvalue weighted by molar-refractivity contribution is 6.11. The van der Waals surface area contributed by atoms with Crippen LogP contribution in [0.25, 0.3) is 54.2 Å². The number of ether oxygens (including phenoxy) is 3. The third kappa shape index (κ3) is 6.27. The molecule has 0 heterocycles. The molecule has 0 aliphatic heterocycles. The Morgan fingerprint density at radius 1 is 0.395 bits per heavy atom. The SMILES string of the molecule is CC(C)(C)Oc1cc(OC(C)(C)C)c(-c2cccc3cc4cc5cc6ccccc6cc5cc4cc23)c(OC(C)(C)C)c1. The molecule has 0 saturated heterocycles. The van der Waals surface area contributed by atoms with Crippen LogP contribution in [0.3, 0.4) is 0 Å². The van der Waals surface area contributed by atoms with Gasteiger partial charge < -0.3 is 14.2 Å². The molecule has 0 atom stereocenters. The van der Waals surface area contributed by atoms with Gasteiger partial charge in [0, 0.05) is 12.1 Å². The smallest absolute Gasteiger partial charge is 0.135 e. The monoisotopic (exact) mass is 570 g/mol. The molecule has 0 aliphatic rings. The van der Waals surface area contributed by atoms with Crippen molar-refractivity contribution >= 4 is 43.1 Å². The largest absolute Gasteiger partial charge is 0.488 e. The van der Waals surface area contributed by atoms with Crippen molar-refractivity contribution < 1.29 is 14.2 Å². The van der Waals surface area contributed by atoms with Gasteiger partial charge in [-0.3, -0.25) is 0 Å². The molecule has 0 aliphatic carbocycles. The third-order valence-corrected chi connectivity index (χ3v) is 7.22. The first kappa shape index (κ1) is 28.9. The zero-order valence-electron chi connectivity index (χ0n) is 26.9. The van der Waals surface area contributed by atoms with E-state index in [1.807, 2.05) is 12.1 Å². The normalized spacial score (nSPS) is 12.8. The molecular formula is C40H42O3. The number of rotatable bonds is 4. The van der Waals surface area contributed by atoms with E-state index < -0.39 is 11.2 Å². The van der Waals surface area contributed by atoms with Crippen molar-refractivity contribution in [1.29, 1.82) is 0 Å². The van der Waals surface area contributed by atoms with Gasteiger partial charge in [-0.15, -0.1) is 0 Å². The maximum Gasteiger partial charge on any atom is 0.135 e. The van der Waals surface area contributed by atoms with Crippen LogP contribution in [0.5, 0.6) is 17.2 Å². The second-order valence-corrected chi connectivity index (χ2v) is 14.6. The van der Waals surface area contributed by atoms with E-state index in [9.17, 15) is 0 Å². The fourth-order valence-corrected chi connectivity index (χ4v) is 5.75. The van der Waals surface area contributed by atoms with Crippen LogP contribution in [0, 0.1) is 0 Å². The summed E-state index contributed by atoms with van der Waals surface area (Å²) < 4.78 is 19.7. The van der Waals surface area contributed by atoms with Gasteiger partial charge in [0.15, 0.2) is 0 Å². The molecule has 0 fully saturated rings. The highest BCUT2D eigenvalue weighted by atomic mass is 16.5. The molecule has 220 valence electrons. The lowest BCUT2D eigenvalue weighted by Crippen LogP contribution is -2.26. The molecule has 6 aromatic carbocycles. The van der Waals surface area contributed by atoms with Crippen molar-refractivity contribution in [3.8, 4) is 28.4 Å². The highest BCUT2D eigenvalue weighted by Crippen LogP contribution is 2.47. The molecule has 0 radical (unpaired) electrons. The predicted molar refractivity (Wildman–Crippen MR) is 183 cm³/mol. The second kappa shape index (κ2) is 10.2. The Balaban J connectivity index is 1.63. The summed E-state index contributed by atoms with van der Waals surface area (Å²) in [6, 6.07) is 32.9. The van der Waals surface area contributed by atoms with Crippen LogP contribution in [0.2, 0.25) is 0 Å². The molecule has 6 aromatic rings. The minimum atomic E-state index is -0.424. The fraction of sp³-hybridized carbons (Fsp3) is 0.300. The number of benzene rings is 6. The van der Waals surface area contributed by atoms with Crippen molar-refractivity contribution in [1.82, 2.24) is 0 Å². The fourth-order valence-electron chi connectivity index (χ4n) is 5.75. The Kier molecular flexibility index (Phi) is 6.84. The lowest BCUT2D eigenvalue weighted by Gasteiger charge is -2.30. The Hall–Kier alpha value is -4.24. The average Bonchev–Trinajstić information content (AvgIpc) is 2.86. The van der Waals surface area contributed by atoms with Crippen LogP contribution in [-0.2, 0) is 0 Å². The summed E-state index contributed by atoms with van der Waals surface area (Å²) in [4.78, 5) is 0. The molecule has 0 saturated carbocycles. The lowest BCUT2D eigenvalue weighted by molar-refractivity contribution is 0.113. The Morgan fingerprint density at radius 2 is 0.814 bits per heavy atom. The Labute approximate surface area is 255 Å².